The van der Waals surface area contributed by atoms with Gasteiger partial charge in [-0.3, -0.25) is 0 Å². The fourth-order valence-electron chi connectivity index (χ4n) is 1.05. The van der Waals surface area contributed by atoms with Gasteiger partial charge in [-0.2, -0.15) is 0 Å². The molecular weight excluding hydrogens is 209 g/mol. The van der Waals surface area contributed by atoms with Gasteiger partial charge in [0.25, 0.3) is 0 Å². The summed E-state index contributed by atoms with van der Waals surface area (Å²) in [5.41, 5.74) is 1.47. The molecule has 1 heterocycles. The van der Waals surface area contributed by atoms with E-state index < -0.39 is 0 Å². The van der Waals surface area contributed by atoms with Crippen LogP contribution >= 0.6 is 23.2 Å². The molecule has 66 valence electrons. The minimum atomic E-state index is 0.488. The van der Waals surface area contributed by atoms with Crippen LogP contribution in [0.1, 0.15) is 0 Å². The average molecular weight is 214 g/mol. The third-order valence-corrected chi connectivity index (χ3v) is 2.13. The first-order valence-electron chi connectivity index (χ1n) is 3.63. The highest BCUT2D eigenvalue weighted by atomic mass is 35.5. The van der Waals surface area contributed by atoms with Gasteiger partial charge in [0.2, 0.25) is 0 Å². The Bertz CT molecular complexity index is 425. The number of rotatable bonds is 1. The molecule has 0 saturated heterocycles. The van der Waals surface area contributed by atoms with Crippen LogP contribution < -0.4 is 0 Å². The standard InChI is InChI=1S/C9H5Cl2NO/c10-7-3-1-2-6(4-7)9-8(11)5-13-12-9/h1-5H. The molecule has 2 nitrogen and oxygen atoms in total. The van der Waals surface area contributed by atoms with Gasteiger partial charge >= 0.3 is 0 Å². The van der Waals surface area contributed by atoms with Crippen molar-refractivity contribution in [2.45, 2.75) is 0 Å². The van der Waals surface area contributed by atoms with Crippen LogP contribution in [0.2, 0.25) is 10.0 Å². The molecule has 0 aliphatic carbocycles. The minimum absolute atomic E-state index is 0.488. The van der Waals surface area contributed by atoms with Crippen molar-refractivity contribution in [1.29, 1.82) is 0 Å². The van der Waals surface area contributed by atoms with Gasteiger partial charge in [0.1, 0.15) is 17.0 Å². The van der Waals surface area contributed by atoms with Gasteiger partial charge in [0.05, 0.1) is 0 Å². The molecule has 0 bridgehead atoms. The lowest BCUT2D eigenvalue weighted by molar-refractivity contribution is 0.422. The molecule has 0 radical (unpaired) electrons. The summed E-state index contributed by atoms with van der Waals surface area (Å²) in [6, 6.07) is 7.28. The predicted octanol–water partition coefficient (Wildman–Crippen LogP) is 3.65. The van der Waals surface area contributed by atoms with E-state index in [0.717, 1.165) is 5.56 Å². The van der Waals surface area contributed by atoms with E-state index >= 15 is 0 Å². The van der Waals surface area contributed by atoms with Gasteiger partial charge in [-0.15, -0.1) is 0 Å². The molecule has 0 saturated carbocycles. The number of benzene rings is 1. The van der Waals surface area contributed by atoms with Crippen molar-refractivity contribution < 1.29 is 4.52 Å². The van der Waals surface area contributed by atoms with Gasteiger partial charge in [0.15, 0.2) is 0 Å². The Labute approximate surface area is 85.1 Å². The Hall–Kier alpha value is -0.990. The van der Waals surface area contributed by atoms with Crippen LogP contribution in [0.25, 0.3) is 11.3 Å². The molecule has 4 heteroatoms. The third-order valence-electron chi connectivity index (χ3n) is 1.62. The van der Waals surface area contributed by atoms with E-state index in [4.69, 9.17) is 27.7 Å². The predicted molar refractivity (Wildman–Crippen MR) is 52.0 cm³/mol. The number of hydrogen-bond acceptors (Lipinski definition) is 2. The Balaban J connectivity index is 2.53. The Kier molecular flexibility index (Phi) is 2.25. The Morgan fingerprint density at radius 1 is 1.23 bits per heavy atom. The fourth-order valence-corrected chi connectivity index (χ4v) is 1.42. The molecule has 2 rings (SSSR count). The highest BCUT2D eigenvalue weighted by Gasteiger charge is 2.07. The van der Waals surface area contributed by atoms with Gasteiger partial charge in [-0.05, 0) is 12.1 Å². The van der Waals surface area contributed by atoms with Crippen LogP contribution in [0.15, 0.2) is 35.1 Å². The molecule has 0 aliphatic rings. The van der Waals surface area contributed by atoms with Crippen LogP contribution in [0, 0.1) is 0 Å². The Morgan fingerprint density at radius 2 is 2.08 bits per heavy atom. The SMILES string of the molecule is Clc1cccc(-c2nocc2Cl)c1. The lowest BCUT2D eigenvalue weighted by Crippen LogP contribution is -1.77. The van der Waals surface area contributed by atoms with Crippen molar-refractivity contribution in [1.82, 2.24) is 5.16 Å². The minimum Gasteiger partial charge on any atom is -0.363 e. The normalized spacial score (nSPS) is 10.3. The van der Waals surface area contributed by atoms with Crippen molar-refractivity contribution in [2.75, 3.05) is 0 Å². The van der Waals surface area contributed by atoms with Gasteiger partial charge in [0, 0.05) is 10.6 Å². The second-order valence-electron chi connectivity index (χ2n) is 2.52. The molecule has 0 unspecified atom stereocenters. The molecule has 0 atom stereocenters. The van der Waals surface area contributed by atoms with Crippen LogP contribution in [-0.4, -0.2) is 5.16 Å². The zero-order valence-corrected chi connectivity index (χ0v) is 8.01. The largest absolute Gasteiger partial charge is 0.363 e. The highest BCUT2D eigenvalue weighted by molar-refractivity contribution is 6.33. The van der Waals surface area contributed by atoms with Crippen LogP contribution in [-0.2, 0) is 0 Å². The second kappa shape index (κ2) is 3.40. The van der Waals surface area contributed by atoms with E-state index in [1.165, 1.54) is 6.26 Å². The summed E-state index contributed by atoms with van der Waals surface area (Å²) < 4.78 is 4.71. The smallest absolute Gasteiger partial charge is 0.143 e. The van der Waals surface area contributed by atoms with E-state index in [9.17, 15) is 0 Å². The average Bonchev–Trinajstić information content (AvgIpc) is 2.51. The van der Waals surface area contributed by atoms with E-state index in [0.29, 0.717) is 15.7 Å². The summed E-state index contributed by atoms with van der Waals surface area (Å²) in [5, 5.41) is 4.90. The zero-order chi connectivity index (χ0) is 9.26. The summed E-state index contributed by atoms with van der Waals surface area (Å²) in [4.78, 5) is 0. The molecule has 0 aliphatic heterocycles. The van der Waals surface area contributed by atoms with Crippen LogP contribution in [0.4, 0.5) is 0 Å². The lowest BCUT2D eigenvalue weighted by atomic mass is 10.2. The van der Waals surface area contributed by atoms with Gasteiger partial charge in [-0.1, -0.05) is 40.5 Å². The van der Waals surface area contributed by atoms with Gasteiger partial charge < -0.3 is 4.52 Å². The first-order valence-corrected chi connectivity index (χ1v) is 4.39. The second-order valence-corrected chi connectivity index (χ2v) is 3.37. The number of nitrogens with zero attached hydrogens (tertiary/aromatic N) is 1. The molecule has 0 N–H and O–H groups in total. The molecule has 1 aromatic heterocycles. The topological polar surface area (TPSA) is 26.0 Å². The molecular formula is C9H5Cl2NO. The molecule has 0 fully saturated rings. The van der Waals surface area contributed by atoms with Gasteiger partial charge in [-0.25, -0.2) is 0 Å². The van der Waals surface area contributed by atoms with Crippen LogP contribution in [0.5, 0.6) is 0 Å². The van der Waals surface area contributed by atoms with Crippen molar-refractivity contribution in [3.63, 3.8) is 0 Å². The molecule has 2 aromatic rings. The monoisotopic (exact) mass is 213 g/mol. The maximum absolute atomic E-state index is 5.83. The summed E-state index contributed by atoms with van der Waals surface area (Å²) in [6.45, 7) is 0. The fraction of sp³-hybridized carbons (Fsp3) is 0. The quantitative estimate of drug-likeness (QED) is 0.723. The first-order chi connectivity index (χ1) is 6.27. The molecule has 0 spiro atoms. The Morgan fingerprint density at radius 3 is 2.69 bits per heavy atom. The summed E-state index contributed by atoms with van der Waals surface area (Å²) in [5.74, 6) is 0. The van der Waals surface area contributed by atoms with E-state index in [1.807, 2.05) is 12.1 Å². The van der Waals surface area contributed by atoms with Crippen LogP contribution in [0.3, 0.4) is 0 Å². The molecule has 1 aromatic carbocycles. The first kappa shape index (κ1) is 8.60. The van der Waals surface area contributed by atoms with Crippen molar-refractivity contribution in [2.24, 2.45) is 0 Å². The van der Waals surface area contributed by atoms with E-state index in [-0.39, 0.29) is 0 Å². The number of halogens is 2. The third kappa shape index (κ3) is 1.69. The molecule has 0 amide bonds. The van der Waals surface area contributed by atoms with E-state index in [2.05, 4.69) is 5.16 Å². The van der Waals surface area contributed by atoms with Crippen molar-refractivity contribution in [3.05, 3.63) is 40.6 Å². The van der Waals surface area contributed by atoms with Crippen molar-refractivity contribution >= 4 is 23.2 Å². The summed E-state index contributed by atoms with van der Waals surface area (Å²) >= 11 is 11.6. The number of hydrogen-bond donors (Lipinski definition) is 0. The molecule has 13 heavy (non-hydrogen) atoms. The van der Waals surface area contributed by atoms with E-state index in [1.54, 1.807) is 12.1 Å². The highest BCUT2D eigenvalue weighted by Crippen LogP contribution is 2.27. The zero-order valence-electron chi connectivity index (χ0n) is 6.50. The maximum Gasteiger partial charge on any atom is 0.143 e. The van der Waals surface area contributed by atoms with Crippen molar-refractivity contribution in [3.8, 4) is 11.3 Å². The maximum atomic E-state index is 5.83. The number of aromatic nitrogens is 1. The summed E-state index contributed by atoms with van der Waals surface area (Å²) in [7, 11) is 0. The lowest BCUT2D eigenvalue weighted by Gasteiger charge is -1.95. The summed E-state index contributed by atoms with van der Waals surface area (Å²) in [6.07, 6.45) is 1.39.